The number of nitrogens with one attached hydrogen (secondary N) is 1. The SMILES string of the molecule is O=C1OC2(CCN(C(=O)C3=CC4=CNON4C=C3)CC2)CN1Cc1ccc(C(F)(F)F)cc1. The highest BCUT2D eigenvalue weighted by molar-refractivity contribution is 5.97. The van der Waals surface area contributed by atoms with E-state index in [1.165, 1.54) is 22.1 Å². The van der Waals surface area contributed by atoms with E-state index in [1.807, 2.05) is 0 Å². The maximum atomic E-state index is 12.9. The number of rotatable bonds is 3. The van der Waals surface area contributed by atoms with Crippen LogP contribution in [0.3, 0.4) is 0 Å². The number of alkyl halides is 3. The van der Waals surface area contributed by atoms with Crippen molar-refractivity contribution in [1.29, 1.82) is 0 Å². The van der Waals surface area contributed by atoms with Gasteiger partial charge in [0.1, 0.15) is 5.60 Å². The molecule has 0 unspecified atom stereocenters. The Hall–Kier alpha value is -3.47. The molecule has 1 aromatic rings. The number of likely N-dealkylation sites (tertiary alicyclic amines) is 1. The summed E-state index contributed by atoms with van der Waals surface area (Å²) >= 11 is 0. The molecule has 174 valence electrons. The minimum absolute atomic E-state index is 0.112. The number of hydroxylamine groups is 3. The molecular formula is C22H21F3N4O4. The molecule has 11 heteroatoms. The van der Waals surface area contributed by atoms with Crippen molar-refractivity contribution >= 4 is 12.0 Å². The Labute approximate surface area is 187 Å². The lowest BCUT2D eigenvalue weighted by Crippen LogP contribution is -2.49. The number of piperidine rings is 1. The van der Waals surface area contributed by atoms with Gasteiger partial charge in [-0.25, -0.2) is 15.3 Å². The van der Waals surface area contributed by atoms with E-state index in [2.05, 4.69) is 5.48 Å². The maximum Gasteiger partial charge on any atom is 0.416 e. The zero-order valence-corrected chi connectivity index (χ0v) is 17.5. The lowest BCUT2D eigenvalue weighted by atomic mass is 9.90. The summed E-state index contributed by atoms with van der Waals surface area (Å²) in [7, 11) is 0. The van der Waals surface area contributed by atoms with Crippen LogP contribution in [0.25, 0.3) is 0 Å². The van der Waals surface area contributed by atoms with Gasteiger partial charge in [-0.15, -0.1) is 0 Å². The predicted molar refractivity (Wildman–Crippen MR) is 108 cm³/mol. The molecule has 1 aromatic carbocycles. The molecule has 4 heterocycles. The Morgan fingerprint density at radius 3 is 2.58 bits per heavy atom. The van der Waals surface area contributed by atoms with Gasteiger partial charge in [0, 0.05) is 44.2 Å². The molecule has 2 saturated heterocycles. The quantitative estimate of drug-likeness (QED) is 0.745. The highest BCUT2D eigenvalue weighted by Crippen LogP contribution is 2.35. The third-order valence-corrected chi connectivity index (χ3v) is 6.21. The van der Waals surface area contributed by atoms with Crippen LogP contribution >= 0.6 is 0 Å². The van der Waals surface area contributed by atoms with E-state index in [1.54, 1.807) is 29.5 Å². The monoisotopic (exact) mass is 462 g/mol. The highest BCUT2D eigenvalue weighted by Gasteiger charge is 2.47. The normalized spacial score (nSPS) is 21.5. The summed E-state index contributed by atoms with van der Waals surface area (Å²) in [5.41, 5.74) is 3.03. The second-order valence-electron chi connectivity index (χ2n) is 8.41. The summed E-state index contributed by atoms with van der Waals surface area (Å²) in [6.45, 7) is 1.37. The van der Waals surface area contributed by atoms with Gasteiger partial charge in [-0.1, -0.05) is 12.1 Å². The van der Waals surface area contributed by atoms with E-state index in [0.717, 1.165) is 17.8 Å². The number of hydrogen-bond acceptors (Lipinski definition) is 6. The van der Waals surface area contributed by atoms with E-state index in [4.69, 9.17) is 9.68 Å². The number of carbonyl (C=O) groups excluding carboxylic acids is 2. The van der Waals surface area contributed by atoms with Crippen LogP contribution in [0.1, 0.15) is 24.0 Å². The molecule has 5 rings (SSSR count). The first kappa shape index (κ1) is 21.4. The Bertz CT molecular complexity index is 1060. The lowest BCUT2D eigenvalue weighted by molar-refractivity contribution is -0.137. The first-order chi connectivity index (χ1) is 15.7. The van der Waals surface area contributed by atoms with Crippen LogP contribution in [-0.2, 0) is 27.2 Å². The first-order valence-electron chi connectivity index (χ1n) is 10.5. The standard InChI is InChI=1S/C22H21F3N4O4/c23-22(24,25)17-3-1-15(2-4-17)13-28-14-21(32-20(28)31)6-9-27(10-7-21)19(30)16-5-8-29-18(11-16)12-26-33-29/h1-5,8,11-12,26H,6-7,9-10,13-14H2. The van der Waals surface area contributed by atoms with Gasteiger partial charge in [-0.05, 0) is 29.8 Å². The van der Waals surface area contributed by atoms with E-state index >= 15 is 0 Å². The molecule has 0 bridgehead atoms. The third-order valence-electron chi connectivity index (χ3n) is 6.21. The number of halogens is 3. The smallest absolute Gasteiger partial charge is 0.416 e. The van der Waals surface area contributed by atoms with Crippen LogP contribution in [0.4, 0.5) is 18.0 Å². The fourth-order valence-corrected chi connectivity index (χ4v) is 4.36. The van der Waals surface area contributed by atoms with Crippen molar-refractivity contribution in [2.75, 3.05) is 19.6 Å². The molecule has 4 aliphatic heterocycles. The first-order valence-corrected chi connectivity index (χ1v) is 10.5. The van der Waals surface area contributed by atoms with Gasteiger partial charge in [0.2, 0.25) is 0 Å². The van der Waals surface area contributed by atoms with Crippen LogP contribution in [-0.4, -0.2) is 52.1 Å². The summed E-state index contributed by atoms with van der Waals surface area (Å²) in [5, 5.41) is 1.51. The van der Waals surface area contributed by atoms with Crippen molar-refractivity contribution in [3.8, 4) is 0 Å². The second kappa shape index (κ2) is 7.84. The van der Waals surface area contributed by atoms with Crippen LogP contribution in [0.5, 0.6) is 0 Å². The summed E-state index contributed by atoms with van der Waals surface area (Å²) < 4.78 is 44.0. The number of allylic oxidation sites excluding steroid dienone is 1. The summed E-state index contributed by atoms with van der Waals surface area (Å²) in [6.07, 6.45) is 2.80. The zero-order valence-electron chi connectivity index (χ0n) is 17.5. The van der Waals surface area contributed by atoms with E-state index in [9.17, 15) is 22.8 Å². The molecule has 0 saturated carbocycles. The topological polar surface area (TPSA) is 74.3 Å². The number of ether oxygens (including phenoxy) is 1. The Balaban J connectivity index is 1.19. The average Bonchev–Trinajstić information content (AvgIpc) is 3.37. The van der Waals surface area contributed by atoms with Gasteiger partial charge in [0.15, 0.2) is 0 Å². The second-order valence-corrected chi connectivity index (χ2v) is 8.41. The Morgan fingerprint density at radius 1 is 1.15 bits per heavy atom. The molecule has 2 amide bonds. The number of nitrogens with zero attached hydrogens (tertiary/aromatic N) is 3. The summed E-state index contributed by atoms with van der Waals surface area (Å²) in [4.78, 5) is 33.7. The fraction of sp³-hybridized carbons (Fsp3) is 0.364. The number of benzene rings is 1. The largest absolute Gasteiger partial charge is 0.441 e. The molecular weight excluding hydrogens is 441 g/mol. The van der Waals surface area contributed by atoms with Crippen molar-refractivity contribution < 1.29 is 32.4 Å². The van der Waals surface area contributed by atoms with Gasteiger partial charge in [-0.2, -0.15) is 18.1 Å². The van der Waals surface area contributed by atoms with Gasteiger partial charge in [0.05, 0.1) is 24.0 Å². The molecule has 2 fully saturated rings. The average molecular weight is 462 g/mol. The fourth-order valence-electron chi connectivity index (χ4n) is 4.36. The predicted octanol–water partition coefficient (Wildman–Crippen LogP) is 3.07. The van der Waals surface area contributed by atoms with Crippen molar-refractivity contribution in [2.45, 2.75) is 31.2 Å². The van der Waals surface area contributed by atoms with Crippen molar-refractivity contribution in [1.82, 2.24) is 20.3 Å². The molecule has 0 aromatic heterocycles. The van der Waals surface area contributed by atoms with Gasteiger partial charge >= 0.3 is 12.3 Å². The Kier molecular flexibility index (Phi) is 5.08. The van der Waals surface area contributed by atoms with Crippen LogP contribution in [0.2, 0.25) is 0 Å². The minimum Gasteiger partial charge on any atom is -0.441 e. The van der Waals surface area contributed by atoms with Crippen LogP contribution in [0.15, 0.2) is 60.1 Å². The summed E-state index contributed by atoms with van der Waals surface area (Å²) in [6, 6.07) is 4.76. The van der Waals surface area contributed by atoms with Gasteiger partial charge in [-0.3, -0.25) is 9.69 Å². The lowest BCUT2D eigenvalue weighted by Gasteiger charge is -2.37. The van der Waals surface area contributed by atoms with Crippen LogP contribution < -0.4 is 5.48 Å². The number of amides is 2. The highest BCUT2D eigenvalue weighted by atomic mass is 19.4. The van der Waals surface area contributed by atoms with E-state index in [-0.39, 0.29) is 12.5 Å². The number of hydrogen-bond donors (Lipinski definition) is 1. The van der Waals surface area contributed by atoms with E-state index < -0.39 is 23.4 Å². The van der Waals surface area contributed by atoms with Gasteiger partial charge < -0.3 is 9.64 Å². The van der Waals surface area contributed by atoms with Crippen molar-refractivity contribution in [2.24, 2.45) is 0 Å². The zero-order chi connectivity index (χ0) is 23.2. The molecule has 33 heavy (non-hydrogen) atoms. The molecule has 0 aliphatic carbocycles. The summed E-state index contributed by atoms with van der Waals surface area (Å²) in [5.74, 6) is -0.112. The van der Waals surface area contributed by atoms with Crippen molar-refractivity contribution in [3.05, 3.63) is 71.2 Å². The molecule has 0 atom stereocenters. The van der Waals surface area contributed by atoms with Crippen LogP contribution in [0, 0.1) is 0 Å². The van der Waals surface area contributed by atoms with Crippen molar-refractivity contribution in [3.63, 3.8) is 0 Å². The molecule has 0 radical (unpaired) electrons. The number of carbonyl (C=O) groups is 2. The molecule has 4 aliphatic rings. The van der Waals surface area contributed by atoms with E-state index in [0.29, 0.717) is 43.6 Å². The maximum absolute atomic E-state index is 12.9. The van der Waals surface area contributed by atoms with Gasteiger partial charge in [0.25, 0.3) is 5.91 Å². The third kappa shape index (κ3) is 4.15. The molecule has 1 spiro atoms. The molecule has 1 N–H and O–H groups in total. The Morgan fingerprint density at radius 2 is 1.88 bits per heavy atom. The molecule has 8 nitrogen and oxygen atoms in total. The minimum atomic E-state index is -4.40. The number of fused-ring (bicyclic) bond motifs is 1.